The highest BCUT2D eigenvalue weighted by Gasteiger charge is 2.24. The number of ether oxygens (including phenoxy) is 1. The third-order valence-corrected chi connectivity index (χ3v) is 5.82. The van der Waals surface area contributed by atoms with Crippen LogP contribution in [-0.2, 0) is 11.0 Å². The molecular formula is C16H20O2Si. The number of hydrogen-bond acceptors (Lipinski definition) is 2. The lowest BCUT2D eigenvalue weighted by Crippen LogP contribution is -2.44. The van der Waals surface area contributed by atoms with Crippen LogP contribution in [-0.4, -0.2) is 15.4 Å². The van der Waals surface area contributed by atoms with E-state index in [1.807, 2.05) is 30.3 Å². The molecule has 19 heavy (non-hydrogen) atoms. The maximum Gasteiger partial charge on any atom is 0.218 e. The summed E-state index contributed by atoms with van der Waals surface area (Å²) in [6.45, 7) is 5.11. The maximum absolute atomic E-state index is 6.17. The van der Waals surface area contributed by atoms with E-state index in [-0.39, 0.29) is 0 Å². The molecule has 2 nitrogen and oxygen atoms in total. The minimum Gasteiger partial charge on any atom is -0.497 e. The summed E-state index contributed by atoms with van der Waals surface area (Å²) in [5, 5.41) is 1.32. The SMILES string of the molecule is COc1ccc(CO[Si](C)(C)c2ccccc2)cc1. The van der Waals surface area contributed by atoms with E-state index >= 15 is 0 Å². The highest BCUT2D eigenvalue weighted by Crippen LogP contribution is 2.14. The lowest BCUT2D eigenvalue weighted by Gasteiger charge is -2.23. The predicted molar refractivity (Wildman–Crippen MR) is 81.3 cm³/mol. The van der Waals surface area contributed by atoms with E-state index in [0.29, 0.717) is 6.61 Å². The van der Waals surface area contributed by atoms with Gasteiger partial charge in [-0.1, -0.05) is 42.5 Å². The summed E-state index contributed by atoms with van der Waals surface area (Å²) in [5.74, 6) is 0.878. The van der Waals surface area contributed by atoms with Crippen molar-refractivity contribution in [1.29, 1.82) is 0 Å². The van der Waals surface area contributed by atoms with Crippen LogP contribution in [0.3, 0.4) is 0 Å². The van der Waals surface area contributed by atoms with Gasteiger partial charge in [-0.05, 0) is 36.0 Å². The van der Waals surface area contributed by atoms with Crippen molar-refractivity contribution in [2.75, 3.05) is 7.11 Å². The lowest BCUT2D eigenvalue weighted by atomic mass is 10.2. The van der Waals surface area contributed by atoms with Crippen molar-refractivity contribution in [3.05, 3.63) is 60.2 Å². The van der Waals surface area contributed by atoms with Crippen molar-refractivity contribution in [2.24, 2.45) is 0 Å². The molecule has 0 saturated carbocycles. The van der Waals surface area contributed by atoms with E-state index in [4.69, 9.17) is 9.16 Å². The number of hydrogen-bond donors (Lipinski definition) is 0. The Balaban J connectivity index is 2.01. The molecule has 0 radical (unpaired) electrons. The number of rotatable bonds is 5. The van der Waals surface area contributed by atoms with Gasteiger partial charge in [-0.2, -0.15) is 0 Å². The fourth-order valence-corrected chi connectivity index (χ4v) is 3.60. The highest BCUT2D eigenvalue weighted by molar-refractivity contribution is 6.84. The van der Waals surface area contributed by atoms with E-state index in [1.54, 1.807) is 7.11 Å². The molecule has 0 spiro atoms. The molecule has 0 unspecified atom stereocenters. The lowest BCUT2D eigenvalue weighted by molar-refractivity contribution is 0.303. The van der Waals surface area contributed by atoms with Crippen LogP contribution in [0.15, 0.2) is 54.6 Å². The van der Waals surface area contributed by atoms with Crippen molar-refractivity contribution in [3.63, 3.8) is 0 Å². The van der Waals surface area contributed by atoms with Gasteiger partial charge in [0.1, 0.15) is 5.75 Å². The van der Waals surface area contributed by atoms with Gasteiger partial charge in [0.15, 0.2) is 0 Å². The zero-order valence-corrected chi connectivity index (χ0v) is 12.7. The Bertz CT molecular complexity index is 506. The smallest absolute Gasteiger partial charge is 0.218 e. The first-order chi connectivity index (χ1) is 9.12. The molecule has 0 aliphatic rings. The molecule has 2 aromatic carbocycles. The molecular weight excluding hydrogens is 252 g/mol. The van der Waals surface area contributed by atoms with Crippen molar-refractivity contribution < 1.29 is 9.16 Å². The van der Waals surface area contributed by atoms with Crippen LogP contribution in [0.4, 0.5) is 0 Å². The van der Waals surface area contributed by atoms with Crippen molar-refractivity contribution >= 4 is 13.5 Å². The van der Waals surface area contributed by atoms with Crippen LogP contribution in [0.2, 0.25) is 13.1 Å². The highest BCUT2D eigenvalue weighted by atomic mass is 28.4. The Hall–Kier alpha value is -1.58. The zero-order chi connectivity index (χ0) is 13.7. The summed E-state index contributed by atoms with van der Waals surface area (Å²) >= 11 is 0. The minimum absolute atomic E-state index is 0.651. The van der Waals surface area contributed by atoms with Crippen LogP contribution < -0.4 is 9.92 Å². The maximum atomic E-state index is 6.17. The van der Waals surface area contributed by atoms with Gasteiger partial charge in [-0.25, -0.2) is 0 Å². The van der Waals surface area contributed by atoms with Crippen LogP contribution in [0.1, 0.15) is 5.56 Å². The van der Waals surface area contributed by atoms with Gasteiger partial charge in [0.25, 0.3) is 0 Å². The summed E-state index contributed by atoms with van der Waals surface area (Å²) in [6.07, 6.45) is 0. The topological polar surface area (TPSA) is 18.5 Å². The molecule has 0 heterocycles. The Kier molecular flexibility index (Phi) is 4.40. The van der Waals surface area contributed by atoms with E-state index in [2.05, 4.69) is 37.4 Å². The number of methoxy groups -OCH3 is 1. The van der Waals surface area contributed by atoms with Crippen LogP contribution in [0, 0.1) is 0 Å². The summed E-state index contributed by atoms with van der Waals surface area (Å²) in [4.78, 5) is 0. The second kappa shape index (κ2) is 6.04. The standard InChI is InChI=1S/C16H20O2Si/c1-17-15-11-9-14(10-12-15)13-18-19(2,3)16-7-5-4-6-8-16/h4-12H,13H2,1-3H3. The molecule has 0 atom stereocenters. The monoisotopic (exact) mass is 272 g/mol. The van der Waals surface area contributed by atoms with E-state index in [9.17, 15) is 0 Å². The molecule has 0 aliphatic carbocycles. The summed E-state index contributed by atoms with van der Waals surface area (Å²) in [5.41, 5.74) is 1.18. The van der Waals surface area contributed by atoms with Crippen LogP contribution >= 0.6 is 0 Å². The third-order valence-electron chi connectivity index (χ3n) is 3.23. The molecule has 0 saturated heterocycles. The summed E-state index contributed by atoms with van der Waals surface area (Å²) in [6, 6.07) is 18.5. The first kappa shape index (κ1) is 13.8. The molecule has 0 bridgehead atoms. The second-order valence-corrected chi connectivity index (χ2v) is 8.90. The fourth-order valence-electron chi connectivity index (χ4n) is 1.91. The zero-order valence-electron chi connectivity index (χ0n) is 11.7. The molecule has 0 N–H and O–H groups in total. The van der Waals surface area contributed by atoms with Crippen LogP contribution in [0.5, 0.6) is 5.75 Å². The Morgan fingerprint density at radius 2 is 1.53 bits per heavy atom. The quantitative estimate of drug-likeness (QED) is 0.777. The van der Waals surface area contributed by atoms with Gasteiger partial charge in [0.05, 0.1) is 13.7 Å². The minimum atomic E-state index is -1.82. The Labute approximate surface area is 116 Å². The molecule has 2 rings (SSSR count). The van der Waals surface area contributed by atoms with E-state index < -0.39 is 8.32 Å². The van der Waals surface area contributed by atoms with Crippen molar-refractivity contribution in [1.82, 2.24) is 0 Å². The molecule has 2 aromatic rings. The molecule has 0 amide bonds. The first-order valence-electron chi connectivity index (χ1n) is 6.44. The molecule has 0 aromatic heterocycles. The van der Waals surface area contributed by atoms with Gasteiger partial charge in [0, 0.05) is 0 Å². The van der Waals surface area contributed by atoms with Gasteiger partial charge in [-0.15, -0.1) is 0 Å². The largest absolute Gasteiger partial charge is 0.497 e. The van der Waals surface area contributed by atoms with Gasteiger partial charge >= 0.3 is 0 Å². The van der Waals surface area contributed by atoms with Gasteiger partial charge in [-0.3, -0.25) is 0 Å². The van der Waals surface area contributed by atoms with E-state index in [0.717, 1.165) is 5.75 Å². The van der Waals surface area contributed by atoms with Crippen LogP contribution in [0.25, 0.3) is 0 Å². The molecule has 0 fully saturated rings. The fraction of sp³-hybridized carbons (Fsp3) is 0.250. The average Bonchev–Trinajstić information content (AvgIpc) is 2.47. The molecule has 3 heteroatoms. The van der Waals surface area contributed by atoms with E-state index in [1.165, 1.54) is 10.8 Å². The third kappa shape index (κ3) is 3.69. The van der Waals surface area contributed by atoms with Crippen molar-refractivity contribution in [3.8, 4) is 5.75 Å². The first-order valence-corrected chi connectivity index (χ1v) is 9.35. The molecule has 0 aliphatic heterocycles. The predicted octanol–water partition coefficient (Wildman–Crippen LogP) is 3.32. The second-order valence-electron chi connectivity index (χ2n) is 5.01. The van der Waals surface area contributed by atoms with Crippen molar-refractivity contribution in [2.45, 2.75) is 19.7 Å². The summed E-state index contributed by atoms with van der Waals surface area (Å²) < 4.78 is 11.3. The Morgan fingerprint density at radius 1 is 0.895 bits per heavy atom. The number of benzene rings is 2. The Morgan fingerprint density at radius 3 is 2.11 bits per heavy atom. The average molecular weight is 272 g/mol. The molecule has 100 valence electrons. The van der Waals surface area contributed by atoms with Gasteiger partial charge < -0.3 is 9.16 Å². The normalized spacial score (nSPS) is 11.3. The van der Waals surface area contributed by atoms with Gasteiger partial charge in [0.2, 0.25) is 8.32 Å². The summed E-state index contributed by atoms with van der Waals surface area (Å²) in [7, 11) is -0.138.